The summed E-state index contributed by atoms with van der Waals surface area (Å²) in [5.41, 5.74) is 0.0719. The van der Waals surface area contributed by atoms with E-state index in [1.54, 1.807) is 4.68 Å². The molecule has 5 nitrogen and oxygen atoms in total. The number of hydrogen-bond donors (Lipinski definition) is 0. The highest BCUT2D eigenvalue weighted by atomic mass is 15.5. The third kappa shape index (κ3) is 2.75. The Kier molecular flexibility index (Phi) is 3.79. The highest BCUT2D eigenvalue weighted by molar-refractivity contribution is 5.03. The van der Waals surface area contributed by atoms with Gasteiger partial charge in [-0.15, -0.1) is 5.10 Å². The second kappa shape index (κ2) is 4.70. The van der Waals surface area contributed by atoms with E-state index in [9.17, 15) is 0 Å². The third-order valence-corrected chi connectivity index (χ3v) is 3.05. The highest BCUT2D eigenvalue weighted by Crippen LogP contribution is 2.28. The molecule has 0 aliphatic carbocycles. The van der Waals surface area contributed by atoms with Gasteiger partial charge in [0.05, 0.1) is 0 Å². The van der Waals surface area contributed by atoms with Crippen molar-refractivity contribution in [3.63, 3.8) is 0 Å². The summed E-state index contributed by atoms with van der Waals surface area (Å²) < 4.78 is 1.78. The van der Waals surface area contributed by atoms with Gasteiger partial charge in [0, 0.05) is 12.5 Å². The smallest absolute Gasteiger partial charge is 0.156 e. The van der Waals surface area contributed by atoms with Gasteiger partial charge in [0.25, 0.3) is 0 Å². The van der Waals surface area contributed by atoms with Crippen molar-refractivity contribution < 1.29 is 0 Å². The minimum Gasteiger partial charge on any atom is -0.309 e. The van der Waals surface area contributed by atoms with Gasteiger partial charge >= 0.3 is 0 Å². The molecule has 5 heteroatoms. The number of aryl methyl sites for hydroxylation is 1. The molecule has 0 saturated heterocycles. The summed E-state index contributed by atoms with van der Waals surface area (Å²) in [7, 11) is 6.08. The molecule has 0 spiro atoms. The fraction of sp³-hybridized carbons (Fsp3) is 0.900. The number of rotatable bonds is 5. The molecule has 1 atom stereocenters. The van der Waals surface area contributed by atoms with E-state index in [4.69, 9.17) is 0 Å². The summed E-state index contributed by atoms with van der Waals surface area (Å²) in [6.45, 7) is 5.46. The number of tetrazole rings is 1. The first-order valence-electron chi connectivity index (χ1n) is 5.37. The first kappa shape index (κ1) is 12.1. The lowest BCUT2D eigenvalue weighted by Gasteiger charge is -2.27. The van der Waals surface area contributed by atoms with E-state index < -0.39 is 0 Å². The quantitative estimate of drug-likeness (QED) is 0.723. The predicted octanol–water partition coefficient (Wildman–Crippen LogP) is 0.829. The molecule has 0 bridgehead atoms. The monoisotopic (exact) mass is 211 g/mol. The van der Waals surface area contributed by atoms with Crippen molar-refractivity contribution in [2.45, 2.75) is 32.1 Å². The zero-order valence-electron chi connectivity index (χ0n) is 10.4. The van der Waals surface area contributed by atoms with Gasteiger partial charge in [-0.1, -0.05) is 13.8 Å². The van der Waals surface area contributed by atoms with Gasteiger partial charge in [0.1, 0.15) is 0 Å². The second-order valence-corrected chi connectivity index (χ2v) is 4.59. The van der Waals surface area contributed by atoms with E-state index in [0.29, 0.717) is 0 Å². The van der Waals surface area contributed by atoms with Crippen LogP contribution in [0.15, 0.2) is 0 Å². The molecule has 15 heavy (non-hydrogen) atoms. The Morgan fingerprint density at radius 2 is 2.07 bits per heavy atom. The molecule has 86 valence electrons. The van der Waals surface area contributed by atoms with Crippen LogP contribution in [-0.4, -0.2) is 45.7 Å². The van der Waals surface area contributed by atoms with Crippen LogP contribution >= 0.6 is 0 Å². The Balaban J connectivity index is 2.81. The van der Waals surface area contributed by atoms with Gasteiger partial charge in [0.2, 0.25) is 0 Å². The van der Waals surface area contributed by atoms with E-state index in [2.05, 4.69) is 48.4 Å². The summed E-state index contributed by atoms with van der Waals surface area (Å²) in [5.74, 6) is 0.979. The van der Waals surface area contributed by atoms with Crippen LogP contribution in [0.1, 0.15) is 32.5 Å². The van der Waals surface area contributed by atoms with E-state index >= 15 is 0 Å². The second-order valence-electron chi connectivity index (χ2n) is 4.59. The van der Waals surface area contributed by atoms with Gasteiger partial charge in [-0.3, -0.25) is 0 Å². The van der Waals surface area contributed by atoms with Crippen LogP contribution in [0, 0.1) is 0 Å². The molecule has 0 aromatic carbocycles. The van der Waals surface area contributed by atoms with Crippen LogP contribution in [0.2, 0.25) is 0 Å². The molecule has 1 aromatic rings. The van der Waals surface area contributed by atoms with Gasteiger partial charge in [-0.25, -0.2) is 4.68 Å². The van der Waals surface area contributed by atoms with E-state index in [-0.39, 0.29) is 5.41 Å². The Morgan fingerprint density at radius 3 is 2.47 bits per heavy atom. The molecule has 0 N–H and O–H groups in total. The summed E-state index contributed by atoms with van der Waals surface area (Å²) in [4.78, 5) is 2.19. The molecule has 1 aromatic heterocycles. The van der Waals surface area contributed by atoms with Gasteiger partial charge < -0.3 is 4.90 Å². The Hall–Kier alpha value is -0.970. The fourth-order valence-corrected chi connectivity index (χ4v) is 1.66. The van der Waals surface area contributed by atoms with Crippen molar-refractivity contribution in [1.82, 2.24) is 25.1 Å². The minimum absolute atomic E-state index is 0.0719. The summed E-state index contributed by atoms with van der Waals surface area (Å²) in [5, 5.41) is 11.7. The van der Waals surface area contributed by atoms with E-state index in [0.717, 1.165) is 25.2 Å². The highest BCUT2D eigenvalue weighted by Gasteiger charge is 2.29. The Morgan fingerprint density at radius 1 is 1.40 bits per heavy atom. The number of aromatic nitrogens is 4. The van der Waals surface area contributed by atoms with Crippen LogP contribution in [0.25, 0.3) is 0 Å². The van der Waals surface area contributed by atoms with E-state index in [1.165, 1.54) is 0 Å². The normalized spacial score (nSPS) is 15.6. The van der Waals surface area contributed by atoms with Gasteiger partial charge in [-0.2, -0.15) is 0 Å². The predicted molar refractivity (Wildman–Crippen MR) is 59.6 cm³/mol. The van der Waals surface area contributed by atoms with Crippen molar-refractivity contribution >= 4 is 0 Å². The van der Waals surface area contributed by atoms with Gasteiger partial charge in [-0.05, 0) is 43.9 Å². The molecule has 0 radical (unpaired) electrons. The van der Waals surface area contributed by atoms with Crippen LogP contribution in [-0.2, 0) is 12.5 Å². The Bertz CT molecular complexity index is 307. The lowest BCUT2D eigenvalue weighted by molar-refractivity contribution is 0.304. The Labute approximate surface area is 91.5 Å². The average Bonchev–Trinajstić information content (AvgIpc) is 2.61. The number of hydrogen-bond acceptors (Lipinski definition) is 4. The summed E-state index contributed by atoms with van der Waals surface area (Å²) in [6.07, 6.45) is 2.12. The maximum absolute atomic E-state index is 4.12. The third-order valence-electron chi connectivity index (χ3n) is 3.05. The lowest BCUT2D eigenvalue weighted by Crippen LogP contribution is -2.30. The van der Waals surface area contributed by atoms with Crippen molar-refractivity contribution in [3.05, 3.63) is 5.82 Å². The maximum Gasteiger partial charge on any atom is 0.156 e. The zero-order chi connectivity index (χ0) is 11.5. The molecule has 0 saturated carbocycles. The van der Waals surface area contributed by atoms with Crippen molar-refractivity contribution in [2.24, 2.45) is 7.05 Å². The first-order valence-corrected chi connectivity index (χ1v) is 5.37. The summed E-state index contributed by atoms with van der Waals surface area (Å²) in [6, 6.07) is 0. The maximum atomic E-state index is 4.12. The standard InChI is InChI=1S/C10H21N5/c1-6-10(2,7-8-14(3)4)9-11-12-13-15(9)5/h6-8H2,1-5H3. The molecule has 0 amide bonds. The molecule has 1 unspecified atom stereocenters. The van der Waals surface area contributed by atoms with Crippen LogP contribution < -0.4 is 0 Å². The molecule has 0 aliphatic heterocycles. The average molecular weight is 211 g/mol. The van der Waals surface area contributed by atoms with E-state index in [1.807, 2.05) is 7.05 Å². The number of nitrogens with zero attached hydrogens (tertiary/aromatic N) is 5. The molecular weight excluding hydrogens is 190 g/mol. The SMILES string of the molecule is CCC(C)(CCN(C)C)c1nnnn1C. The minimum atomic E-state index is 0.0719. The summed E-state index contributed by atoms with van der Waals surface area (Å²) >= 11 is 0. The van der Waals surface area contributed by atoms with Crippen molar-refractivity contribution in [1.29, 1.82) is 0 Å². The zero-order valence-corrected chi connectivity index (χ0v) is 10.4. The largest absolute Gasteiger partial charge is 0.309 e. The molecule has 0 aliphatic rings. The first-order chi connectivity index (χ1) is 6.99. The van der Waals surface area contributed by atoms with Crippen LogP contribution in [0.4, 0.5) is 0 Å². The van der Waals surface area contributed by atoms with Gasteiger partial charge in [0.15, 0.2) is 5.82 Å². The lowest BCUT2D eigenvalue weighted by atomic mass is 9.83. The topological polar surface area (TPSA) is 46.8 Å². The molecular formula is C10H21N5. The molecule has 1 heterocycles. The van der Waals surface area contributed by atoms with Crippen LogP contribution in [0.5, 0.6) is 0 Å². The fourth-order valence-electron chi connectivity index (χ4n) is 1.66. The van der Waals surface area contributed by atoms with Crippen molar-refractivity contribution in [3.8, 4) is 0 Å². The van der Waals surface area contributed by atoms with Crippen molar-refractivity contribution in [2.75, 3.05) is 20.6 Å². The molecule has 0 fully saturated rings. The van der Waals surface area contributed by atoms with Crippen LogP contribution in [0.3, 0.4) is 0 Å². The molecule has 1 rings (SSSR count).